The Kier molecular flexibility index (Phi) is 12.7. The predicted octanol–water partition coefficient (Wildman–Crippen LogP) is 7.70. The van der Waals surface area contributed by atoms with Crippen LogP contribution >= 0.6 is 11.6 Å². The fourth-order valence-electron chi connectivity index (χ4n) is 9.89. The van der Waals surface area contributed by atoms with Gasteiger partial charge >= 0.3 is 0 Å². The molecule has 1 atom stereocenters. The summed E-state index contributed by atoms with van der Waals surface area (Å²) in [5.41, 5.74) is 6.27. The molecular formula is C49H55ClN8O7S. The number of carbonyl (C=O) groups is 2. The number of carbonyl (C=O) groups excluding carboxylic acids is 2. The van der Waals surface area contributed by atoms with Crippen LogP contribution in [0.3, 0.4) is 0 Å². The second-order valence-corrected chi connectivity index (χ2v) is 21.1. The third-order valence-electron chi connectivity index (χ3n) is 13.7. The Bertz CT molecular complexity index is 2830. The number of nitrogens with zero attached hydrogens (tertiary/aromatic N) is 6. The Hall–Kier alpha value is -5.81. The summed E-state index contributed by atoms with van der Waals surface area (Å²) in [6.45, 7) is 11.4. The van der Waals surface area contributed by atoms with Gasteiger partial charge in [-0.3, -0.25) is 24.6 Å². The molecule has 17 heteroatoms. The lowest BCUT2D eigenvalue weighted by Crippen LogP contribution is -2.47. The lowest BCUT2D eigenvalue weighted by atomic mass is 9.72. The van der Waals surface area contributed by atoms with Crippen LogP contribution in [0.4, 0.5) is 11.4 Å². The zero-order chi connectivity index (χ0) is 46.3. The SMILES string of the molecule is CN1CCN(C(=O)C[C@H]2Cc3cc(S(=O)(=O)NC(=O)c4ccc(N5CCN(CC6=C(c7ccc(Cl)cc7)CC(C)(C)CC6)CC5)cc4Oc4cnc5[nH]ccc5c4)cc([N+](=O)[O-])c3C2)CC1. The molecule has 3 aromatic carbocycles. The van der Waals surface area contributed by atoms with Gasteiger partial charge in [0, 0.05) is 105 Å². The van der Waals surface area contributed by atoms with E-state index >= 15 is 0 Å². The summed E-state index contributed by atoms with van der Waals surface area (Å²) in [4.78, 5) is 54.8. The first kappa shape index (κ1) is 45.4. The van der Waals surface area contributed by atoms with Gasteiger partial charge in [-0.15, -0.1) is 0 Å². The second-order valence-electron chi connectivity index (χ2n) is 19.0. The van der Waals surface area contributed by atoms with Crippen molar-refractivity contribution >= 4 is 61.4 Å². The predicted molar refractivity (Wildman–Crippen MR) is 255 cm³/mol. The summed E-state index contributed by atoms with van der Waals surface area (Å²) in [6, 6.07) is 19.2. The zero-order valence-electron chi connectivity index (χ0n) is 37.5. The highest BCUT2D eigenvalue weighted by Gasteiger charge is 2.35. The molecule has 2 saturated heterocycles. The number of nitro groups is 1. The molecule has 4 aliphatic rings. The van der Waals surface area contributed by atoms with Crippen LogP contribution < -0.4 is 14.4 Å². The van der Waals surface area contributed by atoms with Crippen LogP contribution in [0.15, 0.2) is 89.6 Å². The van der Waals surface area contributed by atoms with Gasteiger partial charge in [0.25, 0.3) is 21.6 Å². The van der Waals surface area contributed by atoms with Crippen LogP contribution in [0.25, 0.3) is 16.6 Å². The molecule has 2 N–H and O–H groups in total. The van der Waals surface area contributed by atoms with Gasteiger partial charge in [0.05, 0.1) is 21.6 Å². The van der Waals surface area contributed by atoms with E-state index in [0.717, 1.165) is 74.1 Å². The van der Waals surface area contributed by atoms with Crippen molar-refractivity contribution in [1.82, 2.24) is 29.4 Å². The van der Waals surface area contributed by atoms with Crippen molar-refractivity contribution in [2.45, 2.75) is 57.3 Å². The average Bonchev–Trinajstić information content (AvgIpc) is 3.93. The Morgan fingerprint density at radius 2 is 1.73 bits per heavy atom. The Labute approximate surface area is 390 Å². The molecule has 0 bridgehead atoms. The Morgan fingerprint density at radius 1 is 0.970 bits per heavy atom. The second kappa shape index (κ2) is 18.5. The highest BCUT2D eigenvalue weighted by atomic mass is 35.5. The number of H-pyrrole nitrogens is 1. The largest absolute Gasteiger partial charge is 0.455 e. The maximum atomic E-state index is 14.1. The molecule has 2 fully saturated rings. The van der Waals surface area contributed by atoms with E-state index in [0.29, 0.717) is 55.1 Å². The number of piperazine rings is 2. The number of ether oxygens (including phenoxy) is 1. The van der Waals surface area contributed by atoms with E-state index in [1.165, 1.54) is 29.0 Å². The fraction of sp³-hybridized carbons (Fsp3) is 0.408. The van der Waals surface area contributed by atoms with Crippen LogP contribution in [0, 0.1) is 21.4 Å². The van der Waals surface area contributed by atoms with Gasteiger partial charge in [0.15, 0.2) is 0 Å². The molecule has 4 heterocycles. The van der Waals surface area contributed by atoms with Crippen molar-refractivity contribution in [3.63, 3.8) is 0 Å². The first-order chi connectivity index (χ1) is 31.6. The van der Waals surface area contributed by atoms with Crippen LogP contribution in [0.5, 0.6) is 11.5 Å². The molecular weight excluding hydrogens is 880 g/mol. The monoisotopic (exact) mass is 934 g/mol. The van der Waals surface area contributed by atoms with Crippen molar-refractivity contribution in [2.24, 2.45) is 11.3 Å². The number of anilines is 1. The van der Waals surface area contributed by atoms with Crippen LogP contribution in [0.1, 0.15) is 66.6 Å². The molecule has 0 radical (unpaired) electrons. The number of halogens is 1. The number of fused-ring (bicyclic) bond motifs is 2. The molecule has 0 unspecified atom stereocenters. The first-order valence-corrected chi connectivity index (χ1v) is 24.5. The van der Waals surface area contributed by atoms with Crippen molar-refractivity contribution in [3.8, 4) is 11.5 Å². The van der Waals surface area contributed by atoms with Gasteiger partial charge in [-0.05, 0) is 110 Å². The molecule has 0 saturated carbocycles. The van der Waals surface area contributed by atoms with Gasteiger partial charge < -0.3 is 24.4 Å². The first-order valence-electron chi connectivity index (χ1n) is 22.6. The van der Waals surface area contributed by atoms with Crippen molar-refractivity contribution in [3.05, 3.63) is 122 Å². The van der Waals surface area contributed by atoms with Gasteiger partial charge in [0.1, 0.15) is 17.1 Å². The standard InChI is InChI=1S/C49H55ClN8O7S/c1-49(2)12-10-35(43(29-49)33-4-6-37(50)7-5-33)31-55-16-20-56(21-17-55)38-8-9-41(45(27-38)65-39-25-34-11-13-51-47(34)52-30-39)48(60)53-66(63,64)40-26-36-22-32(23-42(36)44(28-40)58(61)62)24-46(59)57-18-14-54(3)15-19-57/h4-9,11,13,25-28,30,32H,10,12,14-24,29,31H2,1-3H3,(H,51,52)(H,53,60)/t32-/m0/s1. The topological polar surface area (TPSA) is 174 Å². The molecule has 5 aromatic rings. The number of aromatic amines is 1. The number of sulfonamides is 1. The van der Waals surface area contributed by atoms with E-state index in [1.807, 2.05) is 30.1 Å². The number of aromatic nitrogens is 2. The molecule has 15 nitrogen and oxygen atoms in total. The third-order valence-corrected chi connectivity index (χ3v) is 15.3. The quantitative estimate of drug-likeness (QED) is 0.0927. The summed E-state index contributed by atoms with van der Waals surface area (Å²) in [6.07, 6.45) is 7.26. The van der Waals surface area contributed by atoms with Gasteiger partial charge in [0.2, 0.25) is 5.91 Å². The average molecular weight is 936 g/mol. The van der Waals surface area contributed by atoms with E-state index < -0.39 is 25.7 Å². The smallest absolute Gasteiger partial charge is 0.274 e. The van der Waals surface area contributed by atoms with Crippen LogP contribution in [-0.2, 0) is 27.7 Å². The summed E-state index contributed by atoms with van der Waals surface area (Å²) in [7, 11) is -2.61. The highest BCUT2D eigenvalue weighted by molar-refractivity contribution is 7.90. The Balaban J connectivity index is 0.930. The maximum Gasteiger partial charge on any atom is 0.274 e. The number of likely N-dealkylation sites (N-methyl/N-ethyl adjacent to an activating group) is 1. The van der Waals surface area contributed by atoms with E-state index in [-0.39, 0.29) is 47.1 Å². The van der Waals surface area contributed by atoms with Gasteiger partial charge in [-0.2, -0.15) is 0 Å². The molecule has 346 valence electrons. The number of benzene rings is 3. The summed E-state index contributed by atoms with van der Waals surface area (Å²) in [5.74, 6) is -0.725. The highest BCUT2D eigenvalue weighted by Crippen LogP contribution is 2.44. The molecule has 66 heavy (non-hydrogen) atoms. The summed E-state index contributed by atoms with van der Waals surface area (Å²) in [5, 5.41) is 13.9. The van der Waals surface area contributed by atoms with Crippen molar-refractivity contribution in [1.29, 1.82) is 0 Å². The number of nitro benzene ring substituents is 1. The molecule has 2 amide bonds. The number of hydrogen-bond acceptors (Lipinski definition) is 11. The van der Waals surface area contributed by atoms with Crippen LogP contribution in [-0.4, -0.2) is 116 Å². The third kappa shape index (κ3) is 9.97. The minimum atomic E-state index is -4.62. The molecule has 9 rings (SSSR count). The molecule has 2 aromatic heterocycles. The van der Waals surface area contributed by atoms with Crippen LogP contribution in [0.2, 0.25) is 5.02 Å². The fourth-order valence-corrected chi connectivity index (χ4v) is 11.0. The normalized spacial score (nSPS) is 19.2. The minimum Gasteiger partial charge on any atom is -0.455 e. The number of nitrogens with one attached hydrogen (secondary N) is 2. The number of pyridine rings is 1. The lowest BCUT2D eigenvalue weighted by molar-refractivity contribution is -0.385. The molecule has 2 aliphatic carbocycles. The van der Waals surface area contributed by atoms with Crippen molar-refractivity contribution in [2.75, 3.05) is 70.9 Å². The van der Waals surface area contributed by atoms with Crippen molar-refractivity contribution < 1.29 is 27.7 Å². The summed E-state index contributed by atoms with van der Waals surface area (Å²) < 4.78 is 36.5. The zero-order valence-corrected chi connectivity index (χ0v) is 39.1. The molecule has 2 aliphatic heterocycles. The lowest BCUT2D eigenvalue weighted by Gasteiger charge is -2.39. The van der Waals surface area contributed by atoms with E-state index in [1.54, 1.807) is 30.5 Å². The minimum absolute atomic E-state index is 0.0140. The number of hydrogen-bond donors (Lipinski definition) is 2. The van der Waals surface area contributed by atoms with E-state index in [2.05, 4.69) is 55.4 Å². The Morgan fingerprint density at radius 3 is 2.47 bits per heavy atom. The van der Waals surface area contributed by atoms with E-state index in [9.17, 15) is 28.1 Å². The molecule has 0 spiro atoms. The number of allylic oxidation sites excluding steroid dienone is 1. The summed E-state index contributed by atoms with van der Waals surface area (Å²) >= 11 is 6.25. The number of amides is 2. The van der Waals surface area contributed by atoms with Gasteiger partial charge in [-0.1, -0.05) is 43.2 Å². The van der Waals surface area contributed by atoms with E-state index in [4.69, 9.17) is 16.3 Å². The number of rotatable bonds is 12. The van der Waals surface area contributed by atoms with Gasteiger partial charge in [-0.25, -0.2) is 18.1 Å². The maximum absolute atomic E-state index is 14.1.